The first-order chi connectivity index (χ1) is 19.5. The fourth-order valence-electron chi connectivity index (χ4n) is 4.31. The second-order valence-electron chi connectivity index (χ2n) is 9.87. The Morgan fingerprint density at radius 2 is 1.68 bits per heavy atom. The van der Waals surface area contributed by atoms with Crippen LogP contribution in [0.5, 0.6) is 5.75 Å². The Labute approximate surface area is 248 Å². The van der Waals surface area contributed by atoms with Crippen LogP contribution in [0.3, 0.4) is 0 Å². The van der Waals surface area contributed by atoms with Gasteiger partial charge >= 0.3 is 0 Å². The van der Waals surface area contributed by atoms with Crippen molar-refractivity contribution in [2.75, 3.05) is 18.0 Å². The third kappa shape index (κ3) is 8.01. The van der Waals surface area contributed by atoms with E-state index in [0.29, 0.717) is 17.2 Å². The first-order valence-electron chi connectivity index (χ1n) is 13.6. The lowest BCUT2D eigenvalue weighted by atomic mass is 10.1. The molecule has 0 heterocycles. The van der Waals surface area contributed by atoms with Gasteiger partial charge in [0.15, 0.2) is 0 Å². The summed E-state index contributed by atoms with van der Waals surface area (Å²) >= 11 is 6.38. The first kappa shape index (κ1) is 32.0. The van der Waals surface area contributed by atoms with Gasteiger partial charge in [0.2, 0.25) is 11.8 Å². The predicted molar refractivity (Wildman–Crippen MR) is 163 cm³/mol. The van der Waals surface area contributed by atoms with Gasteiger partial charge in [0.1, 0.15) is 18.3 Å². The number of methoxy groups -OCH3 is 1. The zero-order chi connectivity index (χ0) is 30.2. The maximum atomic E-state index is 14.2. The van der Waals surface area contributed by atoms with E-state index >= 15 is 0 Å². The van der Waals surface area contributed by atoms with E-state index in [4.69, 9.17) is 16.3 Å². The number of carbonyl (C=O) groups excluding carboxylic acids is 2. The molecule has 2 amide bonds. The molecule has 10 heteroatoms. The molecule has 1 N–H and O–H groups in total. The molecule has 3 aromatic carbocycles. The van der Waals surface area contributed by atoms with Crippen LogP contribution in [-0.2, 0) is 26.2 Å². The van der Waals surface area contributed by atoms with E-state index in [2.05, 4.69) is 5.32 Å². The van der Waals surface area contributed by atoms with Crippen LogP contribution in [0, 0.1) is 6.92 Å². The number of rotatable bonds is 13. The molecule has 0 aliphatic rings. The number of amides is 2. The van der Waals surface area contributed by atoms with Crippen LogP contribution in [0.15, 0.2) is 77.7 Å². The normalized spacial score (nSPS) is 12.7. The van der Waals surface area contributed by atoms with Crippen molar-refractivity contribution in [1.82, 2.24) is 10.2 Å². The Kier molecular flexibility index (Phi) is 11.2. The Morgan fingerprint density at radius 3 is 2.29 bits per heavy atom. The topological polar surface area (TPSA) is 96.0 Å². The van der Waals surface area contributed by atoms with Crippen molar-refractivity contribution in [3.05, 3.63) is 88.9 Å². The number of carbonyl (C=O) groups is 2. The van der Waals surface area contributed by atoms with Gasteiger partial charge in [0, 0.05) is 17.6 Å². The van der Waals surface area contributed by atoms with E-state index in [0.717, 1.165) is 21.9 Å². The summed E-state index contributed by atoms with van der Waals surface area (Å²) in [6, 6.07) is 19.1. The summed E-state index contributed by atoms with van der Waals surface area (Å²) in [5, 5.41) is 3.34. The Hall–Kier alpha value is -3.56. The minimum absolute atomic E-state index is 0.0328. The third-order valence-corrected chi connectivity index (χ3v) is 9.12. The molecule has 0 bridgehead atoms. The van der Waals surface area contributed by atoms with E-state index in [1.165, 1.54) is 23.1 Å². The zero-order valence-electron chi connectivity index (χ0n) is 24.1. The number of hydrogen-bond donors (Lipinski definition) is 1. The predicted octanol–water partition coefficient (Wildman–Crippen LogP) is 5.57. The van der Waals surface area contributed by atoms with Crippen molar-refractivity contribution in [1.29, 1.82) is 0 Å². The van der Waals surface area contributed by atoms with Crippen molar-refractivity contribution < 1.29 is 22.7 Å². The number of aryl methyl sites for hydroxylation is 1. The molecule has 0 fully saturated rings. The number of anilines is 1. The smallest absolute Gasteiger partial charge is 0.264 e. The highest BCUT2D eigenvalue weighted by atomic mass is 35.5. The van der Waals surface area contributed by atoms with Crippen LogP contribution in [-0.4, -0.2) is 50.9 Å². The average molecular weight is 600 g/mol. The van der Waals surface area contributed by atoms with Crippen LogP contribution in [0.25, 0.3) is 0 Å². The summed E-state index contributed by atoms with van der Waals surface area (Å²) in [5.74, 6) is -0.223. The molecule has 0 saturated heterocycles. The molecule has 0 saturated carbocycles. The summed E-state index contributed by atoms with van der Waals surface area (Å²) in [6.07, 6.45) is 1.06. The van der Waals surface area contributed by atoms with Gasteiger partial charge in [0.05, 0.1) is 17.7 Å². The van der Waals surface area contributed by atoms with Crippen molar-refractivity contribution >= 4 is 39.1 Å². The summed E-state index contributed by atoms with van der Waals surface area (Å²) in [7, 11) is -2.61. The first-order valence-corrected chi connectivity index (χ1v) is 15.4. The van der Waals surface area contributed by atoms with E-state index < -0.39 is 28.5 Å². The maximum Gasteiger partial charge on any atom is 0.264 e. The van der Waals surface area contributed by atoms with Gasteiger partial charge in [0.25, 0.3) is 10.0 Å². The zero-order valence-corrected chi connectivity index (χ0v) is 25.7. The number of nitrogens with one attached hydrogen (secondary N) is 1. The average Bonchev–Trinajstić information content (AvgIpc) is 2.97. The molecule has 3 aromatic rings. The minimum atomic E-state index is -4.16. The highest BCUT2D eigenvalue weighted by Crippen LogP contribution is 2.29. The number of sulfonamides is 1. The number of nitrogens with zero attached hydrogens (tertiary/aromatic N) is 2. The molecule has 0 aromatic heterocycles. The Morgan fingerprint density at radius 1 is 0.976 bits per heavy atom. The highest BCUT2D eigenvalue weighted by Gasteiger charge is 2.34. The van der Waals surface area contributed by atoms with Gasteiger partial charge in [-0.3, -0.25) is 13.9 Å². The molecule has 0 aliphatic carbocycles. The highest BCUT2D eigenvalue weighted by molar-refractivity contribution is 7.92. The molecule has 3 rings (SSSR count). The number of benzene rings is 3. The molecule has 220 valence electrons. The van der Waals surface area contributed by atoms with E-state index in [1.807, 2.05) is 33.8 Å². The molecule has 2 unspecified atom stereocenters. The summed E-state index contributed by atoms with van der Waals surface area (Å²) < 4.78 is 34.2. The van der Waals surface area contributed by atoms with Crippen molar-refractivity contribution in [3.63, 3.8) is 0 Å². The van der Waals surface area contributed by atoms with Crippen molar-refractivity contribution in [3.8, 4) is 5.75 Å². The Bertz CT molecular complexity index is 1450. The quantitative estimate of drug-likeness (QED) is 0.277. The molecular weight excluding hydrogens is 562 g/mol. The molecule has 41 heavy (non-hydrogen) atoms. The monoisotopic (exact) mass is 599 g/mol. The molecular formula is C31H38ClN3O5S. The second-order valence-corrected chi connectivity index (χ2v) is 12.1. The third-order valence-electron chi connectivity index (χ3n) is 6.93. The van der Waals surface area contributed by atoms with Crippen LogP contribution >= 0.6 is 11.6 Å². The van der Waals surface area contributed by atoms with Crippen molar-refractivity contribution in [2.24, 2.45) is 0 Å². The van der Waals surface area contributed by atoms with Gasteiger partial charge in [-0.2, -0.15) is 0 Å². The van der Waals surface area contributed by atoms with Crippen LogP contribution in [0.1, 0.15) is 44.7 Å². The number of ether oxygens (including phenoxy) is 1. The van der Waals surface area contributed by atoms with Gasteiger partial charge in [-0.15, -0.1) is 0 Å². The van der Waals surface area contributed by atoms with Crippen LogP contribution in [0.2, 0.25) is 5.02 Å². The largest absolute Gasteiger partial charge is 0.497 e. The van der Waals surface area contributed by atoms with E-state index in [1.54, 1.807) is 55.6 Å². The molecule has 2 atom stereocenters. The van der Waals surface area contributed by atoms with Gasteiger partial charge in [-0.25, -0.2) is 8.42 Å². The Balaban J connectivity index is 2.08. The summed E-state index contributed by atoms with van der Waals surface area (Å²) in [5.41, 5.74) is 1.76. The van der Waals surface area contributed by atoms with Crippen LogP contribution < -0.4 is 14.4 Å². The summed E-state index contributed by atoms with van der Waals surface area (Å²) in [6.45, 7) is 7.04. The minimum Gasteiger partial charge on any atom is -0.497 e. The van der Waals surface area contributed by atoms with E-state index in [-0.39, 0.29) is 29.1 Å². The van der Waals surface area contributed by atoms with Gasteiger partial charge in [-0.05, 0) is 74.2 Å². The van der Waals surface area contributed by atoms with E-state index in [9.17, 15) is 18.0 Å². The maximum absolute atomic E-state index is 14.2. The van der Waals surface area contributed by atoms with Crippen molar-refractivity contribution in [2.45, 2.75) is 64.1 Å². The van der Waals surface area contributed by atoms with Gasteiger partial charge < -0.3 is 15.0 Å². The fourth-order valence-corrected chi connectivity index (χ4v) is 5.92. The lowest BCUT2D eigenvalue weighted by Gasteiger charge is -2.34. The summed E-state index contributed by atoms with van der Waals surface area (Å²) in [4.78, 5) is 29.0. The molecule has 0 aliphatic heterocycles. The fraction of sp³-hybridized carbons (Fsp3) is 0.355. The second kappa shape index (κ2) is 14.4. The van der Waals surface area contributed by atoms with Gasteiger partial charge in [-0.1, -0.05) is 61.8 Å². The molecule has 8 nitrogen and oxygen atoms in total. The number of halogens is 1. The SMILES string of the molecule is CCC(C)NC(=O)C(CC)N(Cc1cccc(OC)c1)C(=O)CN(c1ccc(C)c(Cl)c1)S(=O)(=O)c1ccccc1. The lowest BCUT2D eigenvalue weighted by molar-refractivity contribution is -0.140. The molecule has 0 spiro atoms. The number of hydrogen-bond acceptors (Lipinski definition) is 5. The standard InChI is InChI=1S/C31H38ClN3O5S/c1-6-23(4)33-31(37)29(7-2)34(20-24-12-11-13-26(18-24)40-5)30(36)21-35(25-17-16-22(3)28(32)19-25)41(38,39)27-14-9-8-10-15-27/h8-19,23,29H,6-7,20-21H2,1-5H3,(H,33,37). The van der Waals surface area contributed by atoms with Crippen LogP contribution in [0.4, 0.5) is 5.69 Å². The lowest BCUT2D eigenvalue weighted by Crippen LogP contribution is -2.53. The molecule has 0 radical (unpaired) electrons.